The molecule has 3 amide bonds. The first kappa shape index (κ1) is 25.7. The molecular weight excluding hydrogens is 402 g/mol. The Hall–Kier alpha value is -2.57. The number of nitrogens with one attached hydrogen (secondary N) is 2. The number of nitrogens with two attached hydrogens (primary N) is 1. The minimum Gasteiger partial charge on any atom is -0.369 e. The molecule has 7 nitrogen and oxygen atoms in total. The highest BCUT2D eigenvalue weighted by Gasteiger charge is 2.38. The number of unbranched alkanes of at least 4 members (excludes halogenated alkanes) is 3. The molecule has 2 rings (SSSR count). The smallest absolute Gasteiger partial charge is 0.315 e. The van der Waals surface area contributed by atoms with E-state index in [4.69, 9.17) is 10.7 Å². The molecule has 0 aliphatic carbocycles. The van der Waals surface area contributed by atoms with Gasteiger partial charge in [-0.2, -0.15) is 0 Å². The number of urea groups is 1. The van der Waals surface area contributed by atoms with Gasteiger partial charge in [-0.05, 0) is 30.4 Å². The summed E-state index contributed by atoms with van der Waals surface area (Å²) in [7, 11) is 0. The van der Waals surface area contributed by atoms with E-state index in [-0.39, 0.29) is 17.5 Å². The van der Waals surface area contributed by atoms with Crippen molar-refractivity contribution < 1.29 is 9.59 Å². The largest absolute Gasteiger partial charge is 0.369 e. The van der Waals surface area contributed by atoms with E-state index in [1.165, 1.54) is 0 Å². The summed E-state index contributed by atoms with van der Waals surface area (Å²) in [6.07, 6.45) is 8.57. The Labute approximate surface area is 193 Å². The Balaban J connectivity index is 1.97. The third kappa shape index (κ3) is 7.84. The number of hydrogen-bond donors (Lipinski definition) is 3. The number of carbonyl (C=O) groups excluding carboxylic acids is 2. The van der Waals surface area contributed by atoms with Crippen molar-refractivity contribution in [2.75, 3.05) is 6.54 Å². The maximum Gasteiger partial charge on any atom is 0.315 e. The van der Waals surface area contributed by atoms with E-state index in [0.29, 0.717) is 32.0 Å². The fraction of sp³-hybridized carbons (Fsp3) is 0.640. The van der Waals surface area contributed by atoms with Crippen LogP contribution in [0.25, 0.3) is 0 Å². The monoisotopic (exact) mass is 443 g/mol. The average molecular weight is 444 g/mol. The molecule has 1 aliphatic rings. The molecule has 0 aromatic heterocycles. The van der Waals surface area contributed by atoms with Crippen LogP contribution in [0.2, 0.25) is 0 Å². The number of benzene rings is 1. The summed E-state index contributed by atoms with van der Waals surface area (Å²) in [6.45, 7) is 7.98. The van der Waals surface area contributed by atoms with E-state index >= 15 is 0 Å². The predicted octanol–water partition coefficient (Wildman–Crippen LogP) is 4.45. The fourth-order valence-electron chi connectivity index (χ4n) is 4.01. The molecule has 0 unspecified atom stereocenters. The summed E-state index contributed by atoms with van der Waals surface area (Å²) in [5.74, 6) is 0.391. The topological polar surface area (TPSA) is 99.8 Å². The Morgan fingerprint density at radius 3 is 2.16 bits per heavy atom. The van der Waals surface area contributed by atoms with Crippen molar-refractivity contribution >= 4 is 17.9 Å². The number of nitrogens with zero attached hydrogens (tertiary/aromatic N) is 2. The number of hydrogen-bond acceptors (Lipinski definition) is 4. The van der Waals surface area contributed by atoms with Crippen LogP contribution in [-0.4, -0.2) is 34.9 Å². The Bertz CT molecular complexity index is 752. The molecule has 1 aromatic rings. The lowest BCUT2D eigenvalue weighted by atomic mass is 9.83. The van der Waals surface area contributed by atoms with Gasteiger partial charge < -0.3 is 16.4 Å². The number of carbonyl (C=O) groups is 2. The van der Waals surface area contributed by atoms with Crippen molar-refractivity contribution in [1.29, 1.82) is 0 Å². The van der Waals surface area contributed by atoms with Crippen molar-refractivity contribution in [3.63, 3.8) is 0 Å². The third-order valence-electron chi connectivity index (χ3n) is 6.03. The summed E-state index contributed by atoms with van der Waals surface area (Å²) in [5.41, 5.74) is 7.95. The number of guanidine groups is 1. The third-order valence-corrected chi connectivity index (χ3v) is 6.03. The van der Waals surface area contributed by atoms with Gasteiger partial charge in [-0.3, -0.25) is 9.69 Å². The summed E-state index contributed by atoms with van der Waals surface area (Å²) >= 11 is 0. The van der Waals surface area contributed by atoms with E-state index in [1.807, 2.05) is 24.3 Å². The van der Waals surface area contributed by atoms with Gasteiger partial charge in [0.2, 0.25) is 5.91 Å². The molecule has 0 atom stereocenters. The molecule has 178 valence electrons. The summed E-state index contributed by atoms with van der Waals surface area (Å²) in [4.78, 5) is 31.3. The highest BCUT2D eigenvalue weighted by atomic mass is 16.2. The maximum atomic E-state index is 13.0. The molecule has 1 aliphatic heterocycles. The van der Waals surface area contributed by atoms with Gasteiger partial charge in [-0.1, -0.05) is 77.1 Å². The Morgan fingerprint density at radius 1 is 1.00 bits per heavy atom. The molecule has 4 N–H and O–H groups in total. The predicted molar refractivity (Wildman–Crippen MR) is 130 cm³/mol. The standard InChI is InChI=1S/C25H41N5O2/c1-4-7-14-25(15-8-5-2)17-22(31)30(23(26)29-25)19-21-12-10-20(11-13-21)18-28-24(32)27-16-9-6-3/h10-13H,4-9,14-19H2,1-3H3,(H2,26,29)(H2,27,28,32). The highest BCUT2D eigenvalue weighted by Crippen LogP contribution is 2.33. The first-order valence-electron chi connectivity index (χ1n) is 12.2. The molecule has 0 saturated heterocycles. The molecular formula is C25H41N5O2. The maximum absolute atomic E-state index is 13.0. The van der Waals surface area contributed by atoms with E-state index in [9.17, 15) is 9.59 Å². The molecule has 0 saturated carbocycles. The molecule has 1 aromatic carbocycles. The van der Waals surface area contributed by atoms with Crippen LogP contribution in [0.1, 0.15) is 89.7 Å². The minimum atomic E-state index is -0.336. The number of rotatable bonds is 13. The van der Waals surface area contributed by atoms with Gasteiger partial charge in [0.25, 0.3) is 0 Å². The van der Waals surface area contributed by atoms with Crippen molar-refractivity contribution in [3.8, 4) is 0 Å². The second kappa shape index (κ2) is 13.1. The summed E-state index contributed by atoms with van der Waals surface area (Å²) in [5, 5.41) is 5.70. The highest BCUT2D eigenvalue weighted by molar-refractivity contribution is 5.99. The van der Waals surface area contributed by atoms with Crippen LogP contribution >= 0.6 is 0 Å². The second-order valence-electron chi connectivity index (χ2n) is 8.84. The van der Waals surface area contributed by atoms with Crippen LogP contribution in [0.15, 0.2) is 29.3 Å². The minimum absolute atomic E-state index is 0.0548. The average Bonchev–Trinajstić information content (AvgIpc) is 2.78. The molecule has 0 bridgehead atoms. The SMILES string of the molecule is CCCCNC(=O)NCc1ccc(CN2C(=O)CC(CCCC)(CCCC)N=C2N)cc1. The van der Waals surface area contributed by atoms with Crippen LogP contribution in [0.4, 0.5) is 4.79 Å². The number of amides is 3. The summed E-state index contributed by atoms with van der Waals surface area (Å²) < 4.78 is 0. The van der Waals surface area contributed by atoms with E-state index in [2.05, 4.69) is 31.4 Å². The Kier molecular flexibility index (Phi) is 10.5. The molecule has 1 heterocycles. The zero-order valence-electron chi connectivity index (χ0n) is 20.1. The zero-order chi connectivity index (χ0) is 23.4. The molecule has 7 heteroatoms. The normalized spacial score (nSPS) is 15.4. The fourth-order valence-corrected chi connectivity index (χ4v) is 4.01. The van der Waals surface area contributed by atoms with E-state index in [1.54, 1.807) is 4.90 Å². The van der Waals surface area contributed by atoms with Crippen molar-refractivity contribution in [1.82, 2.24) is 15.5 Å². The van der Waals surface area contributed by atoms with Gasteiger partial charge in [-0.15, -0.1) is 0 Å². The van der Waals surface area contributed by atoms with Gasteiger partial charge in [0.05, 0.1) is 18.5 Å². The van der Waals surface area contributed by atoms with Crippen LogP contribution in [0.3, 0.4) is 0 Å². The van der Waals surface area contributed by atoms with Crippen LogP contribution in [0, 0.1) is 0 Å². The van der Waals surface area contributed by atoms with E-state index < -0.39 is 0 Å². The van der Waals surface area contributed by atoms with Crippen LogP contribution in [0.5, 0.6) is 0 Å². The van der Waals surface area contributed by atoms with Crippen LogP contribution < -0.4 is 16.4 Å². The van der Waals surface area contributed by atoms with E-state index in [0.717, 1.165) is 62.5 Å². The van der Waals surface area contributed by atoms with Crippen LogP contribution in [-0.2, 0) is 17.9 Å². The molecule has 32 heavy (non-hydrogen) atoms. The lowest BCUT2D eigenvalue weighted by Crippen LogP contribution is -2.51. The van der Waals surface area contributed by atoms with Gasteiger partial charge in [0.1, 0.15) is 0 Å². The lowest BCUT2D eigenvalue weighted by Gasteiger charge is -2.38. The second-order valence-corrected chi connectivity index (χ2v) is 8.84. The van der Waals surface area contributed by atoms with Crippen molar-refractivity contribution in [2.45, 2.75) is 97.2 Å². The first-order chi connectivity index (χ1) is 15.4. The zero-order valence-corrected chi connectivity index (χ0v) is 20.1. The molecule has 0 spiro atoms. The van der Waals surface area contributed by atoms with Gasteiger partial charge in [0, 0.05) is 13.1 Å². The molecule has 0 fully saturated rings. The van der Waals surface area contributed by atoms with Crippen molar-refractivity contribution in [2.24, 2.45) is 10.7 Å². The molecule has 0 radical (unpaired) electrons. The summed E-state index contributed by atoms with van der Waals surface area (Å²) in [6, 6.07) is 7.73. The number of aliphatic imine (C=N–C) groups is 1. The quantitative estimate of drug-likeness (QED) is 0.393. The van der Waals surface area contributed by atoms with Gasteiger partial charge >= 0.3 is 6.03 Å². The van der Waals surface area contributed by atoms with Crippen molar-refractivity contribution in [3.05, 3.63) is 35.4 Å². The van der Waals surface area contributed by atoms with Gasteiger partial charge in [0.15, 0.2) is 5.96 Å². The van der Waals surface area contributed by atoms with Gasteiger partial charge in [-0.25, -0.2) is 9.79 Å². The Morgan fingerprint density at radius 2 is 1.59 bits per heavy atom. The first-order valence-corrected chi connectivity index (χ1v) is 12.2. The lowest BCUT2D eigenvalue weighted by molar-refractivity contribution is -0.130.